The molecule has 2 aromatic heterocycles. The SMILES string of the molecule is COc1ccc(C(=O)N/C(=C/c2ccco2)C(=O)OCc2ccco2)cc1. The Balaban J connectivity index is 1.74. The van der Waals surface area contributed by atoms with Gasteiger partial charge in [-0.15, -0.1) is 0 Å². The Morgan fingerprint density at radius 1 is 1.04 bits per heavy atom. The van der Waals surface area contributed by atoms with Crippen molar-refractivity contribution in [2.45, 2.75) is 6.61 Å². The van der Waals surface area contributed by atoms with Gasteiger partial charge in [-0.1, -0.05) is 0 Å². The van der Waals surface area contributed by atoms with Crippen LogP contribution >= 0.6 is 0 Å². The molecule has 1 N–H and O–H groups in total. The molecule has 0 aliphatic rings. The van der Waals surface area contributed by atoms with Gasteiger partial charge in [0.15, 0.2) is 0 Å². The van der Waals surface area contributed by atoms with Gasteiger partial charge in [0.1, 0.15) is 29.6 Å². The highest BCUT2D eigenvalue weighted by atomic mass is 16.5. The van der Waals surface area contributed by atoms with E-state index in [1.165, 1.54) is 25.7 Å². The highest BCUT2D eigenvalue weighted by molar-refractivity contribution is 6.03. The lowest BCUT2D eigenvalue weighted by Crippen LogP contribution is -2.28. The maximum Gasteiger partial charge on any atom is 0.355 e. The summed E-state index contributed by atoms with van der Waals surface area (Å²) in [5.41, 5.74) is 0.303. The van der Waals surface area contributed by atoms with E-state index in [1.807, 2.05) is 0 Å². The van der Waals surface area contributed by atoms with Gasteiger partial charge in [0.05, 0.1) is 19.6 Å². The third-order valence-corrected chi connectivity index (χ3v) is 3.58. The number of carbonyl (C=O) groups is 2. The van der Waals surface area contributed by atoms with Crippen LogP contribution in [0.2, 0.25) is 0 Å². The van der Waals surface area contributed by atoms with E-state index in [0.29, 0.717) is 22.8 Å². The van der Waals surface area contributed by atoms with Crippen molar-refractivity contribution in [3.63, 3.8) is 0 Å². The molecule has 0 radical (unpaired) electrons. The average molecular weight is 367 g/mol. The van der Waals surface area contributed by atoms with E-state index in [1.54, 1.807) is 48.5 Å². The first kappa shape index (κ1) is 18.1. The first-order chi connectivity index (χ1) is 13.2. The molecule has 3 rings (SSSR count). The maximum absolute atomic E-state index is 12.5. The highest BCUT2D eigenvalue weighted by Gasteiger charge is 2.17. The zero-order valence-electron chi connectivity index (χ0n) is 14.5. The minimum atomic E-state index is -0.718. The molecule has 7 heteroatoms. The molecule has 27 heavy (non-hydrogen) atoms. The van der Waals surface area contributed by atoms with Crippen LogP contribution in [0.4, 0.5) is 0 Å². The summed E-state index contributed by atoms with van der Waals surface area (Å²) >= 11 is 0. The molecule has 7 nitrogen and oxygen atoms in total. The summed E-state index contributed by atoms with van der Waals surface area (Å²) in [6.07, 6.45) is 4.34. The fourth-order valence-corrected chi connectivity index (χ4v) is 2.21. The van der Waals surface area contributed by atoms with E-state index >= 15 is 0 Å². The van der Waals surface area contributed by atoms with Gasteiger partial charge in [-0.3, -0.25) is 4.79 Å². The number of hydrogen-bond donors (Lipinski definition) is 1. The normalized spacial score (nSPS) is 11.1. The van der Waals surface area contributed by atoms with E-state index in [2.05, 4.69) is 5.32 Å². The molecule has 0 saturated carbocycles. The van der Waals surface area contributed by atoms with Crippen molar-refractivity contribution in [1.82, 2.24) is 5.32 Å². The van der Waals surface area contributed by atoms with Crippen molar-refractivity contribution < 1.29 is 27.9 Å². The largest absolute Gasteiger partial charge is 0.497 e. The van der Waals surface area contributed by atoms with Crippen molar-refractivity contribution in [2.75, 3.05) is 7.11 Å². The summed E-state index contributed by atoms with van der Waals surface area (Å²) in [6.45, 7) is -0.0558. The summed E-state index contributed by atoms with van der Waals surface area (Å²) in [7, 11) is 1.54. The molecular weight excluding hydrogens is 350 g/mol. The van der Waals surface area contributed by atoms with Gasteiger partial charge >= 0.3 is 5.97 Å². The number of furan rings is 2. The third-order valence-electron chi connectivity index (χ3n) is 3.58. The maximum atomic E-state index is 12.5. The minimum absolute atomic E-state index is 0.0558. The Labute approximate surface area is 155 Å². The lowest BCUT2D eigenvalue weighted by atomic mass is 10.2. The van der Waals surface area contributed by atoms with Gasteiger partial charge in [-0.25, -0.2) is 4.79 Å². The van der Waals surface area contributed by atoms with Crippen molar-refractivity contribution in [2.24, 2.45) is 0 Å². The van der Waals surface area contributed by atoms with E-state index < -0.39 is 11.9 Å². The molecule has 1 amide bonds. The van der Waals surface area contributed by atoms with Crippen LogP contribution in [0.1, 0.15) is 21.9 Å². The van der Waals surface area contributed by atoms with Crippen LogP contribution in [0.25, 0.3) is 6.08 Å². The number of carbonyl (C=O) groups excluding carboxylic acids is 2. The fourth-order valence-electron chi connectivity index (χ4n) is 2.21. The highest BCUT2D eigenvalue weighted by Crippen LogP contribution is 2.13. The van der Waals surface area contributed by atoms with E-state index in [9.17, 15) is 9.59 Å². The predicted octanol–water partition coefficient (Wildman–Crippen LogP) is 3.40. The second kappa shape index (κ2) is 8.57. The smallest absolute Gasteiger partial charge is 0.355 e. The number of nitrogens with one attached hydrogen (secondary N) is 1. The minimum Gasteiger partial charge on any atom is -0.497 e. The van der Waals surface area contributed by atoms with Crippen LogP contribution < -0.4 is 10.1 Å². The second-order valence-electron chi connectivity index (χ2n) is 5.41. The van der Waals surface area contributed by atoms with Crippen molar-refractivity contribution in [1.29, 1.82) is 0 Å². The van der Waals surface area contributed by atoms with E-state index in [4.69, 9.17) is 18.3 Å². The fraction of sp³-hybridized carbons (Fsp3) is 0.100. The molecule has 0 fully saturated rings. The second-order valence-corrected chi connectivity index (χ2v) is 5.41. The standard InChI is InChI=1S/C20H17NO6/c1-24-15-8-6-14(7-9-15)19(22)21-18(12-16-4-2-10-25-16)20(23)27-13-17-5-3-11-26-17/h2-12H,13H2,1H3,(H,21,22)/b18-12+. The summed E-state index contributed by atoms with van der Waals surface area (Å²) in [6, 6.07) is 13.2. The number of hydrogen-bond acceptors (Lipinski definition) is 6. The van der Waals surface area contributed by atoms with Crippen LogP contribution in [0, 0.1) is 0 Å². The molecule has 0 bridgehead atoms. The number of rotatable bonds is 7. The van der Waals surface area contributed by atoms with Crippen LogP contribution in [0.3, 0.4) is 0 Å². The summed E-state index contributed by atoms with van der Waals surface area (Å²) < 4.78 is 20.6. The lowest BCUT2D eigenvalue weighted by molar-refractivity contribution is -0.141. The zero-order chi connectivity index (χ0) is 19.1. The van der Waals surface area contributed by atoms with E-state index in [-0.39, 0.29) is 12.3 Å². The molecule has 2 heterocycles. The molecule has 0 spiro atoms. The van der Waals surface area contributed by atoms with Crippen LogP contribution in [0.5, 0.6) is 5.75 Å². The van der Waals surface area contributed by atoms with Crippen LogP contribution in [0.15, 0.2) is 75.6 Å². The van der Waals surface area contributed by atoms with E-state index in [0.717, 1.165) is 0 Å². The molecule has 0 atom stereocenters. The molecule has 3 aromatic rings. The van der Waals surface area contributed by atoms with Crippen molar-refractivity contribution in [3.8, 4) is 5.75 Å². The third kappa shape index (κ3) is 4.88. The van der Waals surface area contributed by atoms with Crippen molar-refractivity contribution in [3.05, 3.63) is 83.8 Å². The molecular formula is C20H17NO6. The number of ether oxygens (including phenoxy) is 2. The van der Waals surface area contributed by atoms with Gasteiger partial charge in [0, 0.05) is 11.6 Å². The molecule has 1 aromatic carbocycles. The average Bonchev–Trinajstić information content (AvgIpc) is 3.39. The number of benzene rings is 1. The van der Waals surface area contributed by atoms with Gasteiger partial charge in [0.2, 0.25) is 0 Å². The quantitative estimate of drug-likeness (QED) is 0.508. The zero-order valence-corrected chi connectivity index (χ0v) is 14.5. The Hall–Kier alpha value is -3.74. The first-order valence-electron chi connectivity index (χ1n) is 8.06. The number of esters is 1. The predicted molar refractivity (Wildman–Crippen MR) is 95.6 cm³/mol. The van der Waals surface area contributed by atoms with Gasteiger partial charge in [0.25, 0.3) is 5.91 Å². The topological polar surface area (TPSA) is 90.9 Å². The molecule has 138 valence electrons. The van der Waals surface area contributed by atoms with Gasteiger partial charge in [-0.05, 0) is 48.5 Å². The Kier molecular flexibility index (Phi) is 5.73. The Morgan fingerprint density at radius 3 is 2.41 bits per heavy atom. The molecule has 0 unspecified atom stereocenters. The van der Waals surface area contributed by atoms with Crippen LogP contribution in [-0.2, 0) is 16.1 Å². The van der Waals surface area contributed by atoms with Crippen molar-refractivity contribution >= 4 is 18.0 Å². The number of methoxy groups -OCH3 is 1. The summed E-state index contributed by atoms with van der Waals surface area (Å²) in [4.78, 5) is 24.9. The molecule has 0 aliphatic carbocycles. The molecule has 0 saturated heterocycles. The summed E-state index contributed by atoms with van der Waals surface area (Å²) in [5.74, 6) is 0.322. The van der Waals surface area contributed by atoms with Gasteiger partial charge < -0.3 is 23.6 Å². The molecule has 0 aliphatic heterocycles. The monoisotopic (exact) mass is 367 g/mol. The number of amides is 1. The summed E-state index contributed by atoms with van der Waals surface area (Å²) in [5, 5.41) is 2.56. The first-order valence-corrected chi connectivity index (χ1v) is 8.06. The lowest BCUT2D eigenvalue weighted by Gasteiger charge is -2.10. The Morgan fingerprint density at radius 2 is 1.78 bits per heavy atom. The Bertz CT molecular complexity index is 908. The van der Waals surface area contributed by atoms with Gasteiger partial charge in [-0.2, -0.15) is 0 Å². The van der Waals surface area contributed by atoms with Crippen LogP contribution in [-0.4, -0.2) is 19.0 Å².